The maximum atomic E-state index is 12.1. The number of benzene rings is 1. The van der Waals surface area contributed by atoms with Gasteiger partial charge in [-0.2, -0.15) is 0 Å². The first-order chi connectivity index (χ1) is 9.93. The molecule has 0 spiro atoms. The molecule has 0 aliphatic carbocycles. The molecule has 0 bridgehead atoms. The number of hydrogen-bond donors (Lipinski definition) is 2. The van der Waals surface area contributed by atoms with Gasteiger partial charge in [-0.15, -0.1) is 0 Å². The van der Waals surface area contributed by atoms with Gasteiger partial charge in [0.25, 0.3) is 0 Å². The Labute approximate surface area is 127 Å². The van der Waals surface area contributed by atoms with Crippen molar-refractivity contribution in [2.24, 2.45) is 0 Å². The number of hydrogen-bond acceptors (Lipinski definition) is 3. The van der Waals surface area contributed by atoms with Crippen LogP contribution in [0.3, 0.4) is 0 Å². The lowest BCUT2D eigenvalue weighted by molar-refractivity contribution is -0.136. The van der Waals surface area contributed by atoms with Crippen LogP contribution in [0.5, 0.6) is 0 Å². The van der Waals surface area contributed by atoms with Crippen LogP contribution in [-0.4, -0.2) is 38.2 Å². The van der Waals surface area contributed by atoms with Crippen molar-refractivity contribution in [2.75, 3.05) is 5.75 Å². The molecule has 6 heteroatoms. The zero-order valence-electron chi connectivity index (χ0n) is 12.2. The first-order valence-corrected chi connectivity index (χ1v) is 8.25. The van der Waals surface area contributed by atoms with Crippen molar-refractivity contribution >= 4 is 22.7 Å². The summed E-state index contributed by atoms with van der Waals surface area (Å²) in [6.45, 7) is 3.77. The third-order valence-corrected chi connectivity index (χ3v) is 4.70. The molecule has 0 aliphatic rings. The topological polar surface area (TPSA) is 83.5 Å². The summed E-state index contributed by atoms with van der Waals surface area (Å²) >= 11 is 0. The molecule has 1 aromatic rings. The summed E-state index contributed by atoms with van der Waals surface area (Å²) < 4.78 is 12.1. The Morgan fingerprint density at radius 1 is 1.29 bits per heavy atom. The monoisotopic (exact) mass is 311 g/mol. The second-order valence-corrected chi connectivity index (χ2v) is 6.54. The average molecular weight is 311 g/mol. The predicted octanol–water partition coefficient (Wildman–Crippen LogP) is 1.35. The molecule has 3 unspecified atom stereocenters. The molecule has 5 nitrogen and oxygen atoms in total. The van der Waals surface area contributed by atoms with E-state index in [1.54, 1.807) is 24.3 Å². The van der Waals surface area contributed by atoms with E-state index in [0.29, 0.717) is 0 Å². The molecule has 116 valence electrons. The van der Waals surface area contributed by atoms with Crippen LogP contribution in [0.1, 0.15) is 25.8 Å². The number of carbonyl (C=O) groups excluding carboxylic acids is 1. The highest BCUT2D eigenvalue weighted by Crippen LogP contribution is 2.09. The lowest BCUT2D eigenvalue weighted by atomic mass is 10.1. The van der Waals surface area contributed by atoms with E-state index in [-0.39, 0.29) is 24.1 Å². The summed E-state index contributed by atoms with van der Waals surface area (Å²) in [5.41, 5.74) is 0.792. The van der Waals surface area contributed by atoms with Crippen LogP contribution in [0.15, 0.2) is 30.3 Å². The van der Waals surface area contributed by atoms with Crippen LogP contribution in [-0.2, 0) is 26.8 Å². The van der Waals surface area contributed by atoms with E-state index in [2.05, 4.69) is 5.32 Å². The largest absolute Gasteiger partial charge is 0.480 e. The van der Waals surface area contributed by atoms with Crippen LogP contribution in [0, 0.1) is 0 Å². The zero-order valence-corrected chi connectivity index (χ0v) is 13.1. The zero-order chi connectivity index (χ0) is 15.8. The van der Waals surface area contributed by atoms with Gasteiger partial charge in [-0.25, -0.2) is 0 Å². The molecular weight excluding hydrogens is 290 g/mol. The summed E-state index contributed by atoms with van der Waals surface area (Å²) in [6.07, 6.45) is 0.921. The minimum Gasteiger partial charge on any atom is -0.480 e. The van der Waals surface area contributed by atoms with E-state index in [1.165, 1.54) is 0 Å². The number of nitrogens with one attached hydrogen (secondary N) is 1. The molecule has 1 aromatic carbocycles. The molecule has 0 saturated carbocycles. The molecule has 2 N–H and O–H groups in total. The average Bonchev–Trinajstić information content (AvgIpc) is 2.45. The van der Waals surface area contributed by atoms with Crippen molar-refractivity contribution in [2.45, 2.75) is 38.0 Å². The van der Waals surface area contributed by atoms with Gasteiger partial charge >= 0.3 is 5.97 Å². The fraction of sp³-hybridized carbons (Fsp3) is 0.467. The molecule has 0 saturated heterocycles. The number of amides is 1. The van der Waals surface area contributed by atoms with E-state index >= 15 is 0 Å². The Hall–Kier alpha value is -1.69. The Balaban J connectivity index is 2.66. The highest BCUT2D eigenvalue weighted by atomic mass is 32.2. The van der Waals surface area contributed by atoms with Gasteiger partial charge in [0.2, 0.25) is 5.91 Å². The summed E-state index contributed by atoms with van der Waals surface area (Å²) in [7, 11) is -1.75. The van der Waals surface area contributed by atoms with Gasteiger partial charge in [0.15, 0.2) is 0 Å². The minimum atomic E-state index is -1.75. The Morgan fingerprint density at radius 3 is 2.43 bits per heavy atom. The second-order valence-electron chi connectivity index (χ2n) is 4.92. The van der Waals surface area contributed by atoms with Crippen molar-refractivity contribution in [3.63, 3.8) is 0 Å². The van der Waals surface area contributed by atoms with Crippen molar-refractivity contribution in [1.29, 1.82) is 0 Å². The van der Waals surface area contributed by atoms with Gasteiger partial charge in [0.05, 0.1) is 0 Å². The predicted molar refractivity (Wildman–Crippen MR) is 82.5 cm³/mol. The number of aliphatic carboxylic acids is 1. The number of carboxylic acid groups (broad SMARTS) is 1. The number of carbonyl (C=O) groups is 2. The van der Waals surface area contributed by atoms with Crippen LogP contribution in [0.25, 0.3) is 0 Å². The number of carboxylic acids is 1. The van der Waals surface area contributed by atoms with Gasteiger partial charge in [0.1, 0.15) is 11.0 Å². The quantitative estimate of drug-likeness (QED) is 0.759. The highest BCUT2D eigenvalue weighted by molar-refractivity contribution is 7.87. The minimum absolute atomic E-state index is 0.00750. The molecule has 3 atom stereocenters. The van der Waals surface area contributed by atoms with Gasteiger partial charge in [-0.1, -0.05) is 37.3 Å². The second kappa shape index (κ2) is 8.56. The van der Waals surface area contributed by atoms with Crippen molar-refractivity contribution in [1.82, 2.24) is 5.32 Å². The summed E-state index contributed by atoms with van der Waals surface area (Å²) in [5, 5.41) is 10.8. The maximum Gasteiger partial charge on any atom is 0.319 e. The Bertz CT molecular complexity index is 504. The SMILES string of the molecule is CCC(C)NC(=O)CS(=O)C(Cc1ccccc1)C(=O)O. The fourth-order valence-corrected chi connectivity index (χ4v) is 2.92. The normalized spacial score (nSPS) is 15.0. The highest BCUT2D eigenvalue weighted by Gasteiger charge is 2.27. The smallest absolute Gasteiger partial charge is 0.319 e. The third kappa shape index (κ3) is 6.08. The van der Waals surface area contributed by atoms with E-state index in [9.17, 15) is 18.9 Å². The van der Waals surface area contributed by atoms with Crippen LogP contribution >= 0.6 is 0 Å². The molecule has 21 heavy (non-hydrogen) atoms. The van der Waals surface area contributed by atoms with Gasteiger partial charge in [-0.05, 0) is 25.3 Å². The molecule has 0 radical (unpaired) electrons. The van der Waals surface area contributed by atoms with E-state index in [4.69, 9.17) is 0 Å². The fourth-order valence-electron chi connectivity index (χ4n) is 1.77. The summed E-state index contributed by atoms with van der Waals surface area (Å²) in [6, 6.07) is 8.99. The number of rotatable bonds is 8. The van der Waals surface area contributed by atoms with Crippen LogP contribution in [0.2, 0.25) is 0 Å². The van der Waals surface area contributed by atoms with E-state index < -0.39 is 22.0 Å². The standard InChI is InChI=1S/C15H21NO4S/c1-3-11(2)16-14(17)10-21(20)13(15(18)19)9-12-7-5-4-6-8-12/h4-8,11,13H,3,9-10H2,1-2H3,(H,16,17)(H,18,19). The molecule has 1 rings (SSSR count). The summed E-state index contributed by atoms with van der Waals surface area (Å²) in [5.74, 6) is -1.80. The van der Waals surface area contributed by atoms with E-state index in [1.807, 2.05) is 19.9 Å². The van der Waals surface area contributed by atoms with Crippen molar-refractivity contribution < 1.29 is 18.9 Å². The lowest BCUT2D eigenvalue weighted by Gasteiger charge is -2.14. The van der Waals surface area contributed by atoms with Gasteiger partial charge in [-0.3, -0.25) is 13.8 Å². The van der Waals surface area contributed by atoms with Crippen molar-refractivity contribution in [3.05, 3.63) is 35.9 Å². The van der Waals surface area contributed by atoms with Crippen LogP contribution < -0.4 is 5.32 Å². The van der Waals surface area contributed by atoms with E-state index in [0.717, 1.165) is 12.0 Å². The first-order valence-electron chi connectivity index (χ1n) is 6.87. The molecule has 0 heterocycles. The summed E-state index contributed by atoms with van der Waals surface area (Å²) in [4.78, 5) is 23.0. The Morgan fingerprint density at radius 2 is 1.90 bits per heavy atom. The first kappa shape index (κ1) is 17.4. The Kier molecular flexibility index (Phi) is 7.08. The van der Waals surface area contributed by atoms with Crippen LogP contribution in [0.4, 0.5) is 0 Å². The molecule has 0 aromatic heterocycles. The molecule has 0 aliphatic heterocycles. The molecular formula is C15H21NO4S. The maximum absolute atomic E-state index is 12.1. The lowest BCUT2D eigenvalue weighted by Crippen LogP contribution is -2.39. The van der Waals surface area contributed by atoms with Crippen molar-refractivity contribution in [3.8, 4) is 0 Å². The third-order valence-electron chi connectivity index (χ3n) is 3.15. The molecule has 0 fully saturated rings. The van der Waals surface area contributed by atoms with Gasteiger partial charge < -0.3 is 10.4 Å². The molecule has 1 amide bonds. The van der Waals surface area contributed by atoms with Gasteiger partial charge in [0, 0.05) is 16.8 Å².